The third-order valence-electron chi connectivity index (χ3n) is 2.80. The van der Waals surface area contributed by atoms with E-state index in [1.807, 2.05) is 22.9 Å². The summed E-state index contributed by atoms with van der Waals surface area (Å²) in [6, 6.07) is 1.99. The third-order valence-corrected chi connectivity index (χ3v) is 3.50. The Morgan fingerprint density at radius 1 is 1.50 bits per heavy atom. The van der Waals surface area contributed by atoms with Crippen molar-refractivity contribution in [1.82, 2.24) is 10.2 Å². The standard InChI is InChI=1S/C13H18N2O2S/c16-13(2-1-12-3-10-18-11-12)14-4-5-15-6-8-17-9-7-15/h1-3,10-11H,4-9H2,(H,14,16)/b2-1+. The Labute approximate surface area is 111 Å². The SMILES string of the molecule is O=C(/C=C/c1ccsc1)NCCN1CCOCC1. The van der Waals surface area contributed by atoms with Crippen LogP contribution in [0.3, 0.4) is 0 Å². The predicted molar refractivity (Wildman–Crippen MR) is 73.6 cm³/mol. The molecule has 0 aromatic carbocycles. The lowest BCUT2D eigenvalue weighted by molar-refractivity contribution is -0.116. The fraction of sp³-hybridized carbons (Fsp3) is 0.462. The number of hydrogen-bond acceptors (Lipinski definition) is 4. The van der Waals surface area contributed by atoms with Gasteiger partial charge >= 0.3 is 0 Å². The highest BCUT2D eigenvalue weighted by Gasteiger charge is 2.09. The van der Waals surface area contributed by atoms with Gasteiger partial charge in [0.15, 0.2) is 0 Å². The van der Waals surface area contributed by atoms with Crippen molar-refractivity contribution < 1.29 is 9.53 Å². The molecule has 0 unspecified atom stereocenters. The molecule has 0 aliphatic carbocycles. The van der Waals surface area contributed by atoms with Crippen LogP contribution < -0.4 is 5.32 Å². The van der Waals surface area contributed by atoms with E-state index in [0.29, 0.717) is 6.54 Å². The van der Waals surface area contributed by atoms with Gasteiger partial charge in [0.25, 0.3) is 0 Å². The normalized spacial score (nSPS) is 17.1. The molecule has 1 amide bonds. The van der Waals surface area contributed by atoms with Crippen LogP contribution in [0.1, 0.15) is 5.56 Å². The van der Waals surface area contributed by atoms with Crippen molar-refractivity contribution in [3.05, 3.63) is 28.5 Å². The number of amides is 1. The quantitative estimate of drug-likeness (QED) is 0.815. The summed E-state index contributed by atoms with van der Waals surface area (Å²) in [7, 11) is 0. The molecule has 18 heavy (non-hydrogen) atoms. The van der Waals surface area contributed by atoms with Gasteiger partial charge in [-0.3, -0.25) is 9.69 Å². The Morgan fingerprint density at radius 3 is 3.06 bits per heavy atom. The van der Waals surface area contributed by atoms with E-state index in [1.165, 1.54) is 0 Å². The van der Waals surface area contributed by atoms with E-state index in [1.54, 1.807) is 17.4 Å². The number of nitrogens with zero attached hydrogens (tertiary/aromatic N) is 1. The summed E-state index contributed by atoms with van der Waals surface area (Å²) in [6.45, 7) is 5.09. The molecule has 2 rings (SSSR count). The smallest absolute Gasteiger partial charge is 0.244 e. The lowest BCUT2D eigenvalue weighted by atomic mass is 10.3. The van der Waals surface area contributed by atoms with Crippen LogP contribution in [-0.4, -0.2) is 50.2 Å². The fourth-order valence-electron chi connectivity index (χ4n) is 1.76. The van der Waals surface area contributed by atoms with Crippen LogP contribution >= 0.6 is 11.3 Å². The number of hydrogen-bond donors (Lipinski definition) is 1. The van der Waals surface area contributed by atoms with E-state index in [-0.39, 0.29) is 5.91 Å². The van der Waals surface area contributed by atoms with Gasteiger partial charge in [-0.2, -0.15) is 11.3 Å². The Morgan fingerprint density at radius 2 is 2.33 bits per heavy atom. The molecule has 0 bridgehead atoms. The average Bonchev–Trinajstić information content (AvgIpc) is 2.91. The molecule has 1 fully saturated rings. The maximum Gasteiger partial charge on any atom is 0.244 e. The zero-order chi connectivity index (χ0) is 12.6. The highest BCUT2D eigenvalue weighted by atomic mass is 32.1. The molecule has 5 heteroatoms. The highest BCUT2D eigenvalue weighted by Crippen LogP contribution is 2.07. The number of ether oxygens (including phenoxy) is 1. The first-order valence-electron chi connectivity index (χ1n) is 6.13. The molecular weight excluding hydrogens is 248 g/mol. The van der Waals surface area contributed by atoms with E-state index in [2.05, 4.69) is 10.2 Å². The van der Waals surface area contributed by atoms with Gasteiger partial charge in [0.05, 0.1) is 13.2 Å². The molecule has 0 spiro atoms. The largest absolute Gasteiger partial charge is 0.379 e. The van der Waals surface area contributed by atoms with E-state index in [9.17, 15) is 4.79 Å². The molecule has 4 nitrogen and oxygen atoms in total. The van der Waals surface area contributed by atoms with Crippen molar-refractivity contribution in [2.75, 3.05) is 39.4 Å². The van der Waals surface area contributed by atoms with E-state index in [4.69, 9.17) is 4.74 Å². The van der Waals surface area contributed by atoms with E-state index < -0.39 is 0 Å². The summed E-state index contributed by atoms with van der Waals surface area (Å²) in [5.41, 5.74) is 1.07. The van der Waals surface area contributed by atoms with Crippen molar-refractivity contribution in [3.63, 3.8) is 0 Å². The Bertz CT molecular complexity index is 384. The first-order valence-corrected chi connectivity index (χ1v) is 7.07. The molecule has 1 aliphatic heterocycles. The van der Waals surface area contributed by atoms with Gasteiger partial charge in [0, 0.05) is 32.3 Å². The highest BCUT2D eigenvalue weighted by molar-refractivity contribution is 7.08. The van der Waals surface area contributed by atoms with Crippen LogP contribution in [0.15, 0.2) is 22.9 Å². The molecule has 1 saturated heterocycles. The number of carbonyl (C=O) groups is 1. The van der Waals surface area contributed by atoms with Gasteiger partial charge < -0.3 is 10.1 Å². The van der Waals surface area contributed by atoms with E-state index in [0.717, 1.165) is 38.4 Å². The number of carbonyl (C=O) groups excluding carboxylic acids is 1. The summed E-state index contributed by atoms with van der Waals surface area (Å²) in [5.74, 6) is -0.0329. The first-order chi connectivity index (χ1) is 8.84. The molecule has 1 aromatic rings. The average molecular weight is 266 g/mol. The monoisotopic (exact) mass is 266 g/mol. The Balaban J connectivity index is 1.62. The number of nitrogens with one attached hydrogen (secondary N) is 1. The van der Waals surface area contributed by atoms with Gasteiger partial charge in [-0.1, -0.05) is 0 Å². The first kappa shape index (κ1) is 13.3. The molecule has 2 heterocycles. The van der Waals surface area contributed by atoms with Crippen LogP contribution in [0, 0.1) is 0 Å². The molecule has 0 atom stereocenters. The van der Waals surface area contributed by atoms with Crippen LogP contribution in [0.4, 0.5) is 0 Å². The molecule has 1 aromatic heterocycles. The van der Waals surface area contributed by atoms with Crippen LogP contribution in [0.2, 0.25) is 0 Å². The van der Waals surface area contributed by atoms with Crippen LogP contribution in [-0.2, 0) is 9.53 Å². The molecule has 0 radical (unpaired) electrons. The van der Waals surface area contributed by atoms with Gasteiger partial charge in [-0.05, 0) is 28.5 Å². The van der Waals surface area contributed by atoms with Crippen molar-refractivity contribution in [2.45, 2.75) is 0 Å². The van der Waals surface area contributed by atoms with Crippen molar-refractivity contribution >= 4 is 23.3 Å². The molecular formula is C13H18N2O2S. The zero-order valence-corrected chi connectivity index (χ0v) is 11.1. The summed E-state index contributed by atoms with van der Waals surface area (Å²) in [4.78, 5) is 13.8. The van der Waals surface area contributed by atoms with Crippen molar-refractivity contribution in [2.24, 2.45) is 0 Å². The molecule has 1 N–H and O–H groups in total. The lowest BCUT2D eigenvalue weighted by Crippen LogP contribution is -2.41. The second kappa shape index (κ2) is 7.31. The lowest BCUT2D eigenvalue weighted by Gasteiger charge is -2.26. The topological polar surface area (TPSA) is 41.6 Å². The molecule has 98 valence electrons. The number of thiophene rings is 1. The maximum atomic E-state index is 11.5. The van der Waals surface area contributed by atoms with Crippen LogP contribution in [0.25, 0.3) is 6.08 Å². The van der Waals surface area contributed by atoms with Crippen molar-refractivity contribution in [1.29, 1.82) is 0 Å². The van der Waals surface area contributed by atoms with Gasteiger partial charge in [0.1, 0.15) is 0 Å². The summed E-state index contributed by atoms with van der Waals surface area (Å²) in [5, 5.41) is 6.90. The maximum absolute atomic E-state index is 11.5. The fourth-order valence-corrected chi connectivity index (χ4v) is 2.39. The van der Waals surface area contributed by atoms with Gasteiger partial charge in [0.2, 0.25) is 5.91 Å². The Hall–Kier alpha value is -1.17. The van der Waals surface area contributed by atoms with Crippen molar-refractivity contribution in [3.8, 4) is 0 Å². The van der Waals surface area contributed by atoms with Gasteiger partial charge in [-0.15, -0.1) is 0 Å². The van der Waals surface area contributed by atoms with E-state index >= 15 is 0 Å². The number of morpholine rings is 1. The zero-order valence-electron chi connectivity index (χ0n) is 10.3. The summed E-state index contributed by atoms with van der Waals surface area (Å²) in [6.07, 6.45) is 3.42. The van der Waals surface area contributed by atoms with Gasteiger partial charge in [-0.25, -0.2) is 0 Å². The summed E-state index contributed by atoms with van der Waals surface area (Å²) < 4.78 is 5.27. The Kier molecular flexibility index (Phi) is 5.38. The number of rotatable bonds is 5. The minimum Gasteiger partial charge on any atom is -0.379 e. The van der Waals surface area contributed by atoms with Crippen LogP contribution in [0.5, 0.6) is 0 Å². The predicted octanol–water partition coefficient (Wildman–Crippen LogP) is 1.21. The second-order valence-electron chi connectivity index (χ2n) is 4.14. The summed E-state index contributed by atoms with van der Waals surface area (Å²) >= 11 is 1.63. The molecule has 1 aliphatic rings. The second-order valence-corrected chi connectivity index (χ2v) is 4.92. The molecule has 0 saturated carbocycles. The minimum absolute atomic E-state index is 0.0329. The minimum atomic E-state index is -0.0329. The third kappa shape index (κ3) is 4.60.